The smallest absolute Gasteiger partial charge is 0.230 e. The summed E-state index contributed by atoms with van der Waals surface area (Å²) in [4.78, 5) is 15.9. The quantitative estimate of drug-likeness (QED) is 0.799. The van der Waals surface area contributed by atoms with Crippen molar-refractivity contribution in [2.45, 2.75) is 6.42 Å². The molecule has 0 saturated carbocycles. The summed E-state index contributed by atoms with van der Waals surface area (Å²) in [7, 11) is 0. The van der Waals surface area contributed by atoms with Crippen LogP contribution in [0.25, 0.3) is 0 Å². The van der Waals surface area contributed by atoms with Gasteiger partial charge in [0.05, 0.1) is 19.3 Å². The predicted molar refractivity (Wildman–Crippen MR) is 62.5 cm³/mol. The van der Waals surface area contributed by atoms with Gasteiger partial charge < -0.3 is 14.4 Å². The van der Waals surface area contributed by atoms with E-state index in [0.29, 0.717) is 18.7 Å². The molecule has 1 amide bonds. The summed E-state index contributed by atoms with van der Waals surface area (Å²) in [6.45, 7) is 4.02. The molecule has 1 aromatic rings. The highest BCUT2D eigenvalue weighted by Gasteiger charge is 2.21. The molecule has 0 atom stereocenters. The third-order valence-electron chi connectivity index (χ3n) is 3.05. The first-order valence-electron chi connectivity index (χ1n) is 5.93. The molecule has 5 heteroatoms. The Kier molecular flexibility index (Phi) is 4.17. The summed E-state index contributed by atoms with van der Waals surface area (Å²) in [6.07, 6.45) is 1.93. The molecule has 0 bridgehead atoms. The average molecular weight is 238 g/mol. The van der Waals surface area contributed by atoms with Gasteiger partial charge in [0.25, 0.3) is 0 Å². The maximum Gasteiger partial charge on any atom is 0.230 e. The van der Waals surface area contributed by atoms with Crippen molar-refractivity contribution in [1.29, 1.82) is 0 Å². The average Bonchev–Trinajstić information content (AvgIpc) is 2.83. The number of aliphatic hydroxyl groups is 1. The number of nitrogens with zero attached hydrogens (tertiary/aromatic N) is 2. The third-order valence-corrected chi connectivity index (χ3v) is 3.05. The Balaban J connectivity index is 1.78. The summed E-state index contributed by atoms with van der Waals surface area (Å²) in [5, 5.41) is 8.83. The number of furan rings is 1. The van der Waals surface area contributed by atoms with Crippen molar-refractivity contribution >= 4 is 5.91 Å². The van der Waals surface area contributed by atoms with Gasteiger partial charge in [-0.05, 0) is 12.1 Å². The summed E-state index contributed by atoms with van der Waals surface area (Å²) >= 11 is 0. The number of β-amino-alcohol motifs (C(OH)–C–C–N with tert-alkyl or cyclic N) is 1. The van der Waals surface area contributed by atoms with E-state index >= 15 is 0 Å². The molecule has 1 aliphatic heterocycles. The lowest BCUT2D eigenvalue weighted by Crippen LogP contribution is -2.49. The number of aliphatic hydroxyl groups excluding tert-OH is 1. The number of amides is 1. The maximum atomic E-state index is 11.9. The highest BCUT2D eigenvalue weighted by Crippen LogP contribution is 2.07. The number of carbonyl (C=O) groups is 1. The molecule has 0 radical (unpaired) electrons. The Morgan fingerprint density at radius 2 is 2.12 bits per heavy atom. The van der Waals surface area contributed by atoms with E-state index in [4.69, 9.17) is 9.52 Å². The predicted octanol–water partition coefficient (Wildman–Crippen LogP) is -0.0414. The fraction of sp³-hybridized carbons (Fsp3) is 0.583. The second-order valence-electron chi connectivity index (χ2n) is 4.20. The van der Waals surface area contributed by atoms with Gasteiger partial charge in [0.1, 0.15) is 5.76 Å². The van der Waals surface area contributed by atoms with Crippen LogP contribution in [0.15, 0.2) is 22.8 Å². The van der Waals surface area contributed by atoms with Gasteiger partial charge in [0, 0.05) is 32.7 Å². The Hall–Kier alpha value is -1.33. The first-order chi connectivity index (χ1) is 8.29. The number of carbonyl (C=O) groups excluding carboxylic acids is 1. The Morgan fingerprint density at radius 3 is 2.71 bits per heavy atom. The van der Waals surface area contributed by atoms with Crippen LogP contribution in [0.1, 0.15) is 5.76 Å². The monoisotopic (exact) mass is 238 g/mol. The van der Waals surface area contributed by atoms with Crippen LogP contribution in [-0.2, 0) is 11.2 Å². The van der Waals surface area contributed by atoms with Gasteiger partial charge in [-0.25, -0.2) is 0 Å². The van der Waals surface area contributed by atoms with Crippen molar-refractivity contribution in [1.82, 2.24) is 9.80 Å². The van der Waals surface area contributed by atoms with Crippen molar-refractivity contribution in [3.05, 3.63) is 24.2 Å². The summed E-state index contributed by atoms with van der Waals surface area (Å²) < 4.78 is 5.16. The first kappa shape index (κ1) is 12.1. The minimum Gasteiger partial charge on any atom is -0.469 e. The number of hydrogen-bond donors (Lipinski definition) is 1. The molecule has 1 saturated heterocycles. The summed E-state index contributed by atoms with van der Waals surface area (Å²) in [5.41, 5.74) is 0. The first-order valence-corrected chi connectivity index (χ1v) is 5.93. The van der Waals surface area contributed by atoms with Crippen molar-refractivity contribution in [3.8, 4) is 0 Å². The van der Waals surface area contributed by atoms with E-state index in [1.807, 2.05) is 11.0 Å². The van der Waals surface area contributed by atoms with Crippen molar-refractivity contribution in [2.24, 2.45) is 0 Å². The fourth-order valence-electron chi connectivity index (χ4n) is 2.04. The second-order valence-corrected chi connectivity index (χ2v) is 4.20. The van der Waals surface area contributed by atoms with E-state index < -0.39 is 0 Å². The van der Waals surface area contributed by atoms with Gasteiger partial charge in [0.15, 0.2) is 0 Å². The van der Waals surface area contributed by atoms with Crippen LogP contribution in [0.2, 0.25) is 0 Å². The summed E-state index contributed by atoms with van der Waals surface area (Å²) in [6, 6.07) is 3.61. The molecule has 0 aliphatic carbocycles. The molecule has 5 nitrogen and oxygen atoms in total. The van der Waals surface area contributed by atoms with Gasteiger partial charge in [0.2, 0.25) is 5.91 Å². The maximum absolute atomic E-state index is 11.9. The van der Waals surface area contributed by atoms with Crippen LogP contribution in [0.3, 0.4) is 0 Å². The van der Waals surface area contributed by atoms with Gasteiger partial charge in [-0.2, -0.15) is 0 Å². The molecule has 2 rings (SSSR count). The molecule has 1 aliphatic rings. The fourth-order valence-corrected chi connectivity index (χ4v) is 2.04. The molecule has 1 N–H and O–H groups in total. The number of rotatable bonds is 4. The van der Waals surface area contributed by atoms with Gasteiger partial charge in [-0.1, -0.05) is 0 Å². The lowest BCUT2D eigenvalue weighted by molar-refractivity contribution is -0.132. The van der Waals surface area contributed by atoms with Crippen LogP contribution >= 0.6 is 0 Å². The number of piperazine rings is 1. The molecule has 0 spiro atoms. The molecular weight excluding hydrogens is 220 g/mol. The number of hydrogen-bond acceptors (Lipinski definition) is 4. The Labute approximate surface area is 101 Å². The van der Waals surface area contributed by atoms with E-state index in [0.717, 1.165) is 26.2 Å². The minimum absolute atomic E-state index is 0.114. The Morgan fingerprint density at radius 1 is 1.35 bits per heavy atom. The minimum atomic E-state index is 0.114. The van der Waals surface area contributed by atoms with Gasteiger partial charge >= 0.3 is 0 Å². The third kappa shape index (κ3) is 3.31. The van der Waals surface area contributed by atoms with Gasteiger partial charge in [-0.3, -0.25) is 9.69 Å². The van der Waals surface area contributed by atoms with E-state index in [1.54, 1.807) is 12.3 Å². The lowest BCUT2D eigenvalue weighted by Gasteiger charge is -2.34. The summed E-state index contributed by atoms with van der Waals surface area (Å²) in [5.74, 6) is 0.830. The van der Waals surface area contributed by atoms with Crippen molar-refractivity contribution in [3.63, 3.8) is 0 Å². The second kappa shape index (κ2) is 5.84. The molecule has 0 unspecified atom stereocenters. The zero-order valence-corrected chi connectivity index (χ0v) is 9.84. The van der Waals surface area contributed by atoms with Crippen LogP contribution in [0.4, 0.5) is 0 Å². The lowest BCUT2D eigenvalue weighted by atomic mass is 10.2. The van der Waals surface area contributed by atoms with Gasteiger partial charge in [-0.15, -0.1) is 0 Å². The van der Waals surface area contributed by atoms with E-state index in [2.05, 4.69) is 4.90 Å². The SMILES string of the molecule is O=C(Cc1ccco1)N1CCN(CCO)CC1. The van der Waals surface area contributed by atoms with Crippen molar-refractivity contribution < 1.29 is 14.3 Å². The molecule has 2 heterocycles. The normalized spacial score (nSPS) is 17.4. The molecular formula is C12H18N2O3. The van der Waals surface area contributed by atoms with E-state index in [1.165, 1.54) is 0 Å². The van der Waals surface area contributed by atoms with Crippen molar-refractivity contribution in [2.75, 3.05) is 39.3 Å². The van der Waals surface area contributed by atoms with Crippen LogP contribution < -0.4 is 0 Å². The standard InChI is InChI=1S/C12H18N2O3/c15-8-7-13-3-5-14(6-4-13)12(16)10-11-2-1-9-17-11/h1-2,9,15H,3-8,10H2. The molecule has 17 heavy (non-hydrogen) atoms. The molecule has 0 aromatic carbocycles. The Bertz CT molecular complexity index is 343. The molecule has 1 fully saturated rings. The van der Waals surface area contributed by atoms with E-state index in [-0.39, 0.29) is 12.5 Å². The zero-order chi connectivity index (χ0) is 12.1. The highest BCUT2D eigenvalue weighted by atomic mass is 16.3. The highest BCUT2D eigenvalue weighted by molar-refractivity contribution is 5.78. The largest absolute Gasteiger partial charge is 0.469 e. The topological polar surface area (TPSA) is 56.9 Å². The molecule has 94 valence electrons. The van der Waals surface area contributed by atoms with Crippen LogP contribution in [0.5, 0.6) is 0 Å². The van der Waals surface area contributed by atoms with E-state index in [9.17, 15) is 4.79 Å². The zero-order valence-electron chi connectivity index (χ0n) is 9.84. The molecule has 1 aromatic heterocycles. The van der Waals surface area contributed by atoms with Crippen LogP contribution in [-0.4, -0.2) is 60.1 Å². The van der Waals surface area contributed by atoms with Crippen LogP contribution in [0, 0.1) is 0 Å².